The summed E-state index contributed by atoms with van der Waals surface area (Å²) in [6.07, 6.45) is 0. The molecule has 1 aromatic carbocycles. The number of ether oxygens (including phenoxy) is 1. The topological polar surface area (TPSA) is 50.4 Å². The summed E-state index contributed by atoms with van der Waals surface area (Å²) < 4.78 is 7.07. The summed E-state index contributed by atoms with van der Waals surface area (Å²) in [4.78, 5) is 10.7. The summed E-state index contributed by atoms with van der Waals surface area (Å²) in [5, 5.41) is 5.98. The standard InChI is InChI=1S/C12H16Br2N2O2/c1-8(17)16-4-3-15-7-9-5-10(13)12(18-2)11(14)6-9/h5-6,15H,3-4,7H2,1-2H3,(H,16,17). The Labute approximate surface area is 124 Å². The highest BCUT2D eigenvalue weighted by Crippen LogP contribution is 2.34. The van der Waals surface area contributed by atoms with Crippen LogP contribution >= 0.6 is 31.9 Å². The van der Waals surface area contributed by atoms with Crippen LogP contribution in [0.3, 0.4) is 0 Å². The van der Waals surface area contributed by atoms with Crippen LogP contribution in [0.1, 0.15) is 12.5 Å². The molecule has 0 unspecified atom stereocenters. The van der Waals surface area contributed by atoms with Gasteiger partial charge in [-0.25, -0.2) is 0 Å². The highest BCUT2D eigenvalue weighted by atomic mass is 79.9. The predicted molar refractivity (Wildman–Crippen MR) is 78.8 cm³/mol. The van der Waals surface area contributed by atoms with Gasteiger partial charge in [-0.15, -0.1) is 0 Å². The molecule has 0 aliphatic heterocycles. The number of nitrogens with one attached hydrogen (secondary N) is 2. The minimum atomic E-state index is -0.00765. The molecule has 1 amide bonds. The molecule has 100 valence electrons. The first-order chi connectivity index (χ1) is 8.54. The van der Waals surface area contributed by atoms with E-state index in [-0.39, 0.29) is 5.91 Å². The molecule has 0 heterocycles. The van der Waals surface area contributed by atoms with Crippen LogP contribution in [0.25, 0.3) is 0 Å². The van der Waals surface area contributed by atoms with Gasteiger partial charge in [0.2, 0.25) is 5.91 Å². The maximum Gasteiger partial charge on any atom is 0.216 e. The van der Waals surface area contributed by atoms with E-state index >= 15 is 0 Å². The average Bonchev–Trinajstić information content (AvgIpc) is 2.27. The van der Waals surface area contributed by atoms with Crippen molar-refractivity contribution in [3.63, 3.8) is 0 Å². The molecule has 1 rings (SSSR count). The lowest BCUT2D eigenvalue weighted by Crippen LogP contribution is -2.29. The molecule has 0 spiro atoms. The molecule has 2 N–H and O–H groups in total. The number of hydrogen-bond donors (Lipinski definition) is 2. The maximum atomic E-state index is 10.7. The first kappa shape index (κ1) is 15.5. The Morgan fingerprint density at radius 2 is 1.89 bits per heavy atom. The lowest BCUT2D eigenvalue weighted by Gasteiger charge is -2.10. The van der Waals surface area contributed by atoms with Crippen LogP contribution in [0.4, 0.5) is 0 Å². The van der Waals surface area contributed by atoms with E-state index < -0.39 is 0 Å². The fourth-order valence-electron chi connectivity index (χ4n) is 1.47. The van der Waals surface area contributed by atoms with Crippen LogP contribution in [0.5, 0.6) is 5.75 Å². The Bertz CT molecular complexity index is 402. The fraction of sp³-hybridized carbons (Fsp3) is 0.417. The van der Waals surface area contributed by atoms with E-state index in [4.69, 9.17) is 4.74 Å². The number of amides is 1. The van der Waals surface area contributed by atoms with Crippen LogP contribution < -0.4 is 15.4 Å². The summed E-state index contributed by atoms with van der Waals surface area (Å²) in [6.45, 7) is 3.62. The summed E-state index contributed by atoms with van der Waals surface area (Å²) in [7, 11) is 1.64. The van der Waals surface area contributed by atoms with Gasteiger partial charge in [-0.05, 0) is 49.6 Å². The molecule has 6 heteroatoms. The van der Waals surface area contributed by atoms with Crippen molar-refractivity contribution in [1.82, 2.24) is 10.6 Å². The van der Waals surface area contributed by atoms with Gasteiger partial charge >= 0.3 is 0 Å². The lowest BCUT2D eigenvalue weighted by molar-refractivity contribution is -0.118. The van der Waals surface area contributed by atoms with E-state index in [9.17, 15) is 4.79 Å². The third kappa shape index (κ3) is 4.96. The molecule has 0 radical (unpaired) electrons. The molecule has 0 fully saturated rings. The molecule has 0 saturated heterocycles. The third-order valence-electron chi connectivity index (χ3n) is 2.27. The first-order valence-electron chi connectivity index (χ1n) is 5.51. The number of methoxy groups -OCH3 is 1. The normalized spacial score (nSPS) is 10.2. The van der Waals surface area contributed by atoms with Crippen molar-refractivity contribution < 1.29 is 9.53 Å². The molecular weight excluding hydrogens is 364 g/mol. The smallest absolute Gasteiger partial charge is 0.216 e. The van der Waals surface area contributed by atoms with Gasteiger partial charge in [-0.1, -0.05) is 0 Å². The third-order valence-corrected chi connectivity index (χ3v) is 3.45. The lowest BCUT2D eigenvalue weighted by atomic mass is 10.2. The van der Waals surface area contributed by atoms with Crippen LogP contribution in [0, 0.1) is 0 Å². The number of carbonyl (C=O) groups is 1. The van der Waals surface area contributed by atoms with E-state index in [1.165, 1.54) is 6.92 Å². The molecule has 0 atom stereocenters. The largest absolute Gasteiger partial charge is 0.494 e. The van der Waals surface area contributed by atoms with Crippen molar-refractivity contribution in [2.45, 2.75) is 13.5 Å². The fourth-order valence-corrected chi connectivity index (χ4v) is 3.07. The van der Waals surface area contributed by atoms with E-state index in [1.807, 2.05) is 12.1 Å². The van der Waals surface area contributed by atoms with Crippen LogP contribution in [-0.4, -0.2) is 26.1 Å². The van der Waals surface area contributed by atoms with Gasteiger partial charge < -0.3 is 15.4 Å². The highest BCUT2D eigenvalue weighted by Gasteiger charge is 2.07. The predicted octanol–water partition coefficient (Wildman–Crippen LogP) is 2.45. The Morgan fingerprint density at radius 1 is 1.28 bits per heavy atom. The zero-order chi connectivity index (χ0) is 13.5. The number of benzene rings is 1. The zero-order valence-electron chi connectivity index (χ0n) is 10.3. The summed E-state index contributed by atoms with van der Waals surface area (Å²) >= 11 is 6.92. The Balaban J connectivity index is 2.46. The van der Waals surface area contributed by atoms with Crippen LogP contribution in [0.2, 0.25) is 0 Å². The van der Waals surface area contributed by atoms with Crippen molar-refractivity contribution in [3.05, 3.63) is 26.6 Å². The van der Waals surface area contributed by atoms with E-state index in [2.05, 4.69) is 42.5 Å². The Hall–Kier alpha value is -0.590. The van der Waals surface area contributed by atoms with Crippen molar-refractivity contribution in [3.8, 4) is 5.75 Å². The molecule has 18 heavy (non-hydrogen) atoms. The van der Waals surface area contributed by atoms with Gasteiger partial charge in [0.15, 0.2) is 0 Å². The number of rotatable bonds is 6. The Kier molecular flexibility index (Phi) is 6.67. The number of hydrogen-bond acceptors (Lipinski definition) is 3. The second-order valence-corrected chi connectivity index (χ2v) is 5.46. The molecule has 0 saturated carbocycles. The van der Waals surface area contributed by atoms with Crippen LogP contribution in [0.15, 0.2) is 21.1 Å². The molecule has 1 aromatic rings. The van der Waals surface area contributed by atoms with Gasteiger partial charge in [0.1, 0.15) is 5.75 Å². The molecule has 0 aromatic heterocycles. The summed E-state index contributed by atoms with van der Waals surface area (Å²) in [6, 6.07) is 4.02. The number of halogens is 2. The Morgan fingerprint density at radius 3 is 2.39 bits per heavy atom. The zero-order valence-corrected chi connectivity index (χ0v) is 13.5. The van der Waals surface area contributed by atoms with Gasteiger partial charge in [0, 0.05) is 26.6 Å². The van der Waals surface area contributed by atoms with Crippen molar-refractivity contribution in [2.75, 3.05) is 20.2 Å². The van der Waals surface area contributed by atoms with Crippen LogP contribution in [-0.2, 0) is 11.3 Å². The highest BCUT2D eigenvalue weighted by molar-refractivity contribution is 9.11. The minimum Gasteiger partial charge on any atom is -0.494 e. The number of carbonyl (C=O) groups excluding carboxylic acids is 1. The van der Waals surface area contributed by atoms with E-state index in [1.54, 1.807) is 7.11 Å². The van der Waals surface area contributed by atoms with Gasteiger partial charge in [-0.3, -0.25) is 4.79 Å². The van der Waals surface area contributed by atoms with Gasteiger partial charge in [-0.2, -0.15) is 0 Å². The second kappa shape index (κ2) is 7.76. The SMILES string of the molecule is COc1c(Br)cc(CNCCNC(C)=O)cc1Br. The van der Waals surface area contributed by atoms with Crippen molar-refractivity contribution in [2.24, 2.45) is 0 Å². The van der Waals surface area contributed by atoms with Gasteiger partial charge in [0.25, 0.3) is 0 Å². The molecule has 0 bridgehead atoms. The minimum absolute atomic E-state index is 0.00765. The van der Waals surface area contributed by atoms with Crippen molar-refractivity contribution >= 4 is 37.8 Å². The van der Waals surface area contributed by atoms with Gasteiger partial charge in [0.05, 0.1) is 16.1 Å². The maximum absolute atomic E-state index is 10.7. The monoisotopic (exact) mass is 378 g/mol. The molecular formula is C12H16Br2N2O2. The quantitative estimate of drug-likeness (QED) is 0.746. The summed E-state index contributed by atoms with van der Waals surface area (Å²) in [5.74, 6) is 0.781. The average molecular weight is 380 g/mol. The van der Waals surface area contributed by atoms with E-state index in [0.717, 1.165) is 33.3 Å². The molecule has 0 aliphatic carbocycles. The second-order valence-electron chi connectivity index (χ2n) is 3.75. The molecule has 0 aliphatic rings. The molecule has 4 nitrogen and oxygen atoms in total. The first-order valence-corrected chi connectivity index (χ1v) is 7.10. The van der Waals surface area contributed by atoms with Crippen molar-refractivity contribution in [1.29, 1.82) is 0 Å². The van der Waals surface area contributed by atoms with E-state index in [0.29, 0.717) is 6.54 Å². The summed E-state index contributed by atoms with van der Waals surface area (Å²) in [5.41, 5.74) is 1.14.